The standard InChI is InChI=1S/C25H24N4O4/c1-25(2,18-9-5-13-27-21(18)22(26)31)12-4-7-15-6-3-8-16-17(15)14-29(24(16)33)19-10-11-20(30)28-23(19)32/h3,5-6,8-9,13,19H,10-12,14H2,1-2H3,(H2,26,31)(H,28,30,32). The van der Waals surface area contributed by atoms with Crippen molar-refractivity contribution >= 4 is 23.6 Å². The van der Waals surface area contributed by atoms with E-state index in [1.807, 2.05) is 26.0 Å². The van der Waals surface area contributed by atoms with Gasteiger partial charge in [-0.3, -0.25) is 29.5 Å². The number of hydrogen-bond donors (Lipinski definition) is 2. The highest BCUT2D eigenvalue weighted by molar-refractivity contribution is 6.05. The molecule has 0 saturated carbocycles. The summed E-state index contributed by atoms with van der Waals surface area (Å²) in [5, 5.41) is 2.31. The molecule has 0 bridgehead atoms. The molecule has 1 atom stereocenters. The third-order valence-electron chi connectivity index (χ3n) is 6.11. The molecule has 1 fully saturated rings. The van der Waals surface area contributed by atoms with Crippen molar-refractivity contribution in [1.29, 1.82) is 0 Å². The second-order valence-electron chi connectivity index (χ2n) is 8.86. The summed E-state index contributed by atoms with van der Waals surface area (Å²) in [7, 11) is 0. The zero-order valence-corrected chi connectivity index (χ0v) is 18.5. The van der Waals surface area contributed by atoms with E-state index in [2.05, 4.69) is 22.1 Å². The van der Waals surface area contributed by atoms with Crippen LogP contribution in [0.4, 0.5) is 0 Å². The summed E-state index contributed by atoms with van der Waals surface area (Å²) in [6.45, 7) is 4.20. The van der Waals surface area contributed by atoms with Gasteiger partial charge in [0.1, 0.15) is 11.7 Å². The second-order valence-corrected chi connectivity index (χ2v) is 8.86. The van der Waals surface area contributed by atoms with Gasteiger partial charge >= 0.3 is 0 Å². The van der Waals surface area contributed by atoms with Gasteiger partial charge in [-0.1, -0.05) is 37.8 Å². The first-order chi connectivity index (χ1) is 15.7. The number of benzene rings is 1. The summed E-state index contributed by atoms with van der Waals surface area (Å²) in [6, 6.07) is 8.26. The predicted molar refractivity (Wildman–Crippen MR) is 120 cm³/mol. The Bertz CT molecular complexity index is 1240. The lowest BCUT2D eigenvalue weighted by Crippen LogP contribution is -2.52. The minimum Gasteiger partial charge on any atom is -0.364 e. The molecule has 0 spiro atoms. The van der Waals surface area contributed by atoms with E-state index in [1.54, 1.807) is 18.2 Å². The number of piperidine rings is 1. The highest BCUT2D eigenvalue weighted by atomic mass is 16.2. The Kier molecular flexibility index (Phi) is 5.73. The van der Waals surface area contributed by atoms with E-state index in [0.717, 1.165) is 11.1 Å². The topological polar surface area (TPSA) is 122 Å². The van der Waals surface area contributed by atoms with E-state index < -0.39 is 23.3 Å². The molecule has 1 saturated heterocycles. The van der Waals surface area contributed by atoms with Gasteiger partial charge in [0.2, 0.25) is 11.8 Å². The summed E-state index contributed by atoms with van der Waals surface area (Å²) in [4.78, 5) is 54.1. The van der Waals surface area contributed by atoms with Gasteiger partial charge in [0.25, 0.3) is 11.8 Å². The summed E-state index contributed by atoms with van der Waals surface area (Å²) in [5.41, 5.74) is 7.97. The molecule has 0 radical (unpaired) electrons. The van der Waals surface area contributed by atoms with Gasteiger partial charge in [-0.15, -0.1) is 0 Å². The molecule has 4 rings (SSSR count). The Morgan fingerprint density at radius 2 is 2.03 bits per heavy atom. The Morgan fingerprint density at radius 1 is 1.24 bits per heavy atom. The number of amides is 4. The molecule has 8 nitrogen and oxygen atoms in total. The molecule has 8 heteroatoms. The Morgan fingerprint density at radius 3 is 2.76 bits per heavy atom. The van der Waals surface area contributed by atoms with Crippen LogP contribution in [-0.2, 0) is 21.5 Å². The van der Waals surface area contributed by atoms with E-state index in [1.165, 1.54) is 11.1 Å². The van der Waals surface area contributed by atoms with Crippen molar-refractivity contribution < 1.29 is 19.2 Å². The minimum atomic E-state index is -0.667. The zero-order valence-electron chi connectivity index (χ0n) is 18.5. The quantitative estimate of drug-likeness (QED) is 0.549. The second kappa shape index (κ2) is 8.51. The average molecular weight is 444 g/mol. The van der Waals surface area contributed by atoms with Gasteiger partial charge in [-0.25, -0.2) is 0 Å². The van der Waals surface area contributed by atoms with Crippen LogP contribution in [0.2, 0.25) is 0 Å². The van der Waals surface area contributed by atoms with Gasteiger partial charge < -0.3 is 10.6 Å². The lowest BCUT2D eigenvalue weighted by atomic mass is 9.80. The lowest BCUT2D eigenvalue weighted by Gasteiger charge is -2.29. The zero-order chi connectivity index (χ0) is 23.8. The van der Waals surface area contributed by atoms with Crippen molar-refractivity contribution in [3.05, 3.63) is 64.5 Å². The van der Waals surface area contributed by atoms with E-state index in [0.29, 0.717) is 24.0 Å². The first kappa shape index (κ1) is 22.2. The van der Waals surface area contributed by atoms with Crippen LogP contribution >= 0.6 is 0 Å². The lowest BCUT2D eigenvalue weighted by molar-refractivity contribution is -0.136. The van der Waals surface area contributed by atoms with Crippen LogP contribution in [0.3, 0.4) is 0 Å². The molecule has 2 aromatic rings. The SMILES string of the molecule is CC(C)(CC#Cc1cccc2c1CN(C1CCC(=O)NC1=O)C2=O)c1cccnc1C(N)=O. The molecule has 168 valence electrons. The molecule has 3 heterocycles. The monoisotopic (exact) mass is 444 g/mol. The van der Waals surface area contributed by atoms with E-state index in [4.69, 9.17) is 5.73 Å². The van der Waals surface area contributed by atoms with Crippen LogP contribution in [0.15, 0.2) is 36.5 Å². The fraction of sp³-hybridized carbons (Fsp3) is 0.320. The Hall–Kier alpha value is -3.99. The fourth-order valence-corrected chi connectivity index (χ4v) is 4.31. The van der Waals surface area contributed by atoms with Gasteiger partial charge in [0, 0.05) is 42.1 Å². The minimum absolute atomic E-state index is 0.208. The number of carbonyl (C=O) groups excluding carboxylic acids is 4. The smallest absolute Gasteiger partial charge is 0.267 e. The van der Waals surface area contributed by atoms with Crippen LogP contribution < -0.4 is 11.1 Å². The third-order valence-corrected chi connectivity index (χ3v) is 6.11. The Labute approximate surface area is 191 Å². The predicted octanol–water partition coefficient (Wildman–Crippen LogP) is 1.66. The van der Waals surface area contributed by atoms with E-state index in [-0.39, 0.29) is 30.5 Å². The molecule has 0 aliphatic carbocycles. The maximum absolute atomic E-state index is 13.0. The molecule has 1 aromatic carbocycles. The molecule has 2 aliphatic rings. The number of nitrogens with zero attached hydrogens (tertiary/aromatic N) is 2. The first-order valence-electron chi connectivity index (χ1n) is 10.7. The molecule has 33 heavy (non-hydrogen) atoms. The number of imide groups is 1. The van der Waals surface area contributed by atoms with E-state index in [9.17, 15) is 19.2 Å². The number of primary amides is 1. The Balaban J connectivity index is 1.57. The summed E-state index contributed by atoms with van der Waals surface area (Å²) in [5.74, 6) is 4.76. The molecule has 1 aromatic heterocycles. The van der Waals surface area contributed by atoms with Gasteiger partial charge in [0.15, 0.2) is 0 Å². The van der Waals surface area contributed by atoms with Crippen LogP contribution in [0, 0.1) is 11.8 Å². The number of pyridine rings is 1. The number of rotatable bonds is 4. The molecule has 3 N–H and O–H groups in total. The molecule has 4 amide bonds. The van der Waals surface area contributed by atoms with E-state index >= 15 is 0 Å². The molecular formula is C25H24N4O4. The highest BCUT2D eigenvalue weighted by Crippen LogP contribution is 2.31. The van der Waals surface area contributed by atoms with Crippen LogP contribution in [0.5, 0.6) is 0 Å². The number of aromatic nitrogens is 1. The fourth-order valence-electron chi connectivity index (χ4n) is 4.31. The number of hydrogen-bond acceptors (Lipinski definition) is 5. The van der Waals surface area contributed by atoms with Crippen LogP contribution in [0.25, 0.3) is 0 Å². The van der Waals surface area contributed by atoms with Gasteiger partial charge in [0.05, 0.1) is 0 Å². The number of nitrogens with one attached hydrogen (secondary N) is 1. The first-order valence-corrected chi connectivity index (χ1v) is 10.7. The maximum Gasteiger partial charge on any atom is 0.267 e. The summed E-state index contributed by atoms with van der Waals surface area (Å²) >= 11 is 0. The molecule has 1 unspecified atom stereocenters. The van der Waals surface area contributed by atoms with Crippen LogP contribution in [-0.4, -0.2) is 39.6 Å². The maximum atomic E-state index is 13.0. The van der Waals surface area contributed by atoms with Crippen molar-refractivity contribution in [3.63, 3.8) is 0 Å². The number of nitrogens with two attached hydrogens (primary N) is 1. The number of fused-ring (bicyclic) bond motifs is 1. The van der Waals surface area contributed by atoms with Crippen molar-refractivity contribution in [1.82, 2.24) is 15.2 Å². The normalized spacial score (nSPS) is 17.8. The van der Waals surface area contributed by atoms with Crippen LogP contribution in [0.1, 0.15) is 70.6 Å². The van der Waals surface area contributed by atoms with Crippen molar-refractivity contribution in [2.75, 3.05) is 0 Å². The van der Waals surface area contributed by atoms with Crippen molar-refractivity contribution in [2.45, 2.75) is 51.1 Å². The van der Waals surface area contributed by atoms with Crippen molar-refractivity contribution in [2.24, 2.45) is 5.73 Å². The number of carbonyl (C=O) groups is 4. The summed E-state index contributed by atoms with van der Waals surface area (Å²) < 4.78 is 0. The largest absolute Gasteiger partial charge is 0.364 e. The summed E-state index contributed by atoms with van der Waals surface area (Å²) in [6.07, 6.45) is 2.49. The van der Waals surface area contributed by atoms with Gasteiger partial charge in [-0.2, -0.15) is 0 Å². The highest BCUT2D eigenvalue weighted by Gasteiger charge is 2.39. The van der Waals surface area contributed by atoms with Gasteiger partial charge in [-0.05, 0) is 35.7 Å². The molecular weight excluding hydrogens is 420 g/mol. The average Bonchev–Trinajstić information content (AvgIpc) is 3.11. The molecule has 2 aliphatic heterocycles. The van der Waals surface area contributed by atoms with Crippen molar-refractivity contribution in [3.8, 4) is 11.8 Å². The third kappa shape index (κ3) is 4.22.